The zero-order chi connectivity index (χ0) is 23.8. The zero-order valence-corrected chi connectivity index (χ0v) is 20.7. The summed E-state index contributed by atoms with van der Waals surface area (Å²) in [6.07, 6.45) is 3.42. The van der Waals surface area contributed by atoms with Gasteiger partial charge in [-0.15, -0.1) is 0 Å². The zero-order valence-electron chi connectivity index (χ0n) is 19.8. The maximum atomic E-state index is 11.6. The molecule has 0 radical (unpaired) electrons. The molecule has 3 aromatic carbocycles. The van der Waals surface area contributed by atoms with E-state index < -0.39 is 5.97 Å². The number of hydrogen-bond donors (Lipinski definition) is 1. The van der Waals surface area contributed by atoms with E-state index in [1.165, 1.54) is 23.3 Å². The summed E-state index contributed by atoms with van der Waals surface area (Å²) in [5.74, 6) is 0.0665. The first-order valence-corrected chi connectivity index (χ1v) is 12.9. The number of carboxylic acids is 1. The lowest BCUT2D eigenvalue weighted by molar-refractivity contribution is 0.0696. The van der Waals surface area contributed by atoms with Crippen molar-refractivity contribution in [2.24, 2.45) is 0 Å². The third-order valence-corrected chi connectivity index (χ3v) is 7.68. The fourth-order valence-corrected chi connectivity index (χ4v) is 5.74. The van der Waals surface area contributed by atoms with Gasteiger partial charge in [-0.2, -0.15) is 0 Å². The van der Waals surface area contributed by atoms with E-state index in [0.29, 0.717) is 11.5 Å². The second-order valence-electron chi connectivity index (χ2n) is 9.16. The Bertz CT molecular complexity index is 1040. The molecule has 1 unspecified atom stereocenters. The standard InChI is InChI=1S/C29H34N2O2S/c1-30(34-28-13-6-3-7-14-28)22-27(25-11-8-12-26(21-25)29(32)33)17-20-31-18-15-24(16-19-31)23-9-4-2-5-10-23/h2-14,21,24,27H,15-20,22H2,1H3,(H,32,33). The van der Waals surface area contributed by atoms with E-state index in [1.54, 1.807) is 18.0 Å². The maximum Gasteiger partial charge on any atom is 0.335 e. The molecule has 1 atom stereocenters. The highest BCUT2D eigenvalue weighted by Gasteiger charge is 2.23. The Hall–Kier alpha value is -2.60. The molecule has 1 aliphatic rings. The van der Waals surface area contributed by atoms with Crippen LogP contribution < -0.4 is 0 Å². The highest BCUT2D eigenvalue weighted by atomic mass is 32.2. The van der Waals surface area contributed by atoms with Crippen LogP contribution in [0.1, 0.15) is 52.6 Å². The first-order chi connectivity index (χ1) is 16.6. The van der Waals surface area contributed by atoms with Crippen molar-refractivity contribution >= 4 is 17.9 Å². The summed E-state index contributed by atoms with van der Waals surface area (Å²) in [4.78, 5) is 15.4. The predicted octanol–water partition coefficient (Wildman–Crippen LogP) is 6.38. The maximum absolute atomic E-state index is 11.6. The summed E-state index contributed by atoms with van der Waals surface area (Å²) in [5.41, 5.74) is 2.94. The van der Waals surface area contributed by atoms with Gasteiger partial charge in [0.2, 0.25) is 0 Å². The highest BCUT2D eigenvalue weighted by Crippen LogP contribution is 2.30. The minimum atomic E-state index is -0.865. The molecule has 1 heterocycles. The number of nitrogens with zero attached hydrogens (tertiary/aromatic N) is 2. The molecule has 1 N–H and O–H groups in total. The molecule has 34 heavy (non-hydrogen) atoms. The van der Waals surface area contributed by atoms with Gasteiger partial charge in [-0.25, -0.2) is 9.10 Å². The smallest absolute Gasteiger partial charge is 0.335 e. The number of likely N-dealkylation sites (tertiary alicyclic amines) is 1. The van der Waals surface area contributed by atoms with Crippen LogP contribution in [0.25, 0.3) is 0 Å². The van der Waals surface area contributed by atoms with Gasteiger partial charge in [-0.3, -0.25) is 0 Å². The number of hydrogen-bond acceptors (Lipinski definition) is 4. The van der Waals surface area contributed by atoms with Crippen LogP contribution >= 0.6 is 11.9 Å². The van der Waals surface area contributed by atoms with Crippen LogP contribution in [0.2, 0.25) is 0 Å². The fraction of sp³-hybridized carbons (Fsp3) is 0.345. The predicted molar refractivity (Wildman–Crippen MR) is 141 cm³/mol. The largest absolute Gasteiger partial charge is 0.478 e. The van der Waals surface area contributed by atoms with E-state index in [1.807, 2.05) is 18.2 Å². The summed E-state index contributed by atoms with van der Waals surface area (Å²) in [6.45, 7) is 4.14. The average Bonchev–Trinajstić information content (AvgIpc) is 2.88. The molecule has 1 saturated heterocycles. The molecule has 4 nitrogen and oxygen atoms in total. The molecule has 4 rings (SSSR count). The molecule has 0 aromatic heterocycles. The van der Waals surface area contributed by atoms with Crippen LogP contribution in [0.3, 0.4) is 0 Å². The van der Waals surface area contributed by atoms with Crippen LogP contribution in [-0.4, -0.2) is 53.5 Å². The van der Waals surface area contributed by atoms with Gasteiger partial charge >= 0.3 is 5.97 Å². The molecule has 5 heteroatoms. The number of piperidine rings is 1. The normalized spacial score (nSPS) is 15.9. The van der Waals surface area contributed by atoms with Crippen LogP contribution in [0, 0.1) is 0 Å². The van der Waals surface area contributed by atoms with E-state index in [0.717, 1.165) is 38.2 Å². The average molecular weight is 475 g/mol. The minimum absolute atomic E-state index is 0.271. The lowest BCUT2D eigenvalue weighted by Crippen LogP contribution is -2.35. The number of aromatic carboxylic acids is 1. The monoisotopic (exact) mass is 474 g/mol. The SMILES string of the molecule is CN(CC(CCN1CCC(c2ccccc2)CC1)c1cccc(C(=O)O)c1)Sc1ccccc1. The molecule has 3 aromatic rings. The molecule has 0 bridgehead atoms. The van der Waals surface area contributed by atoms with Gasteiger partial charge in [0.25, 0.3) is 0 Å². The van der Waals surface area contributed by atoms with E-state index in [2.05, 4.69) is 76.9 Å². The van der Waals surface area contributed by atoms with Crippen LogP contribution in [0.15, 0.2) is 89.8 Å². The van der Waals surface area contributed by atoms with Crippen molar-refractivity contribution in [2.75, 3.05) is 33.2 Å². The Kier molecular flexibility index (Phi) is 8.80. The summed E-state index contributed by atoms with van der Waals surface area (Å²) >= 11 is 1.74. The van der Waals surface area contributed by atoms with Crippen LogP contribution in [0.4, 0.5) is 0 Å². The van der Waals surface area contributed by atoms with Gasteiger partial charge in [-0.1, -0.05) is 60.7 Å². The summed E-state index contributed by atoms with van der Waals surface area (Å²) in [6, 6.07) is 28.8. The van der Waals surface area contributed by atoms with Crippen LogP contribution in [0.5, 0.6) is 0 Å². The molecular formula is C29H34N2O2S. The van der Waals surface area contributed by atoms with Gasteiger partial charge in [0, 0.05) is 11.4 Å². The molecule has 0 saturated carbocycles. The first-order valence-electron chi connectivity index (χ1n) is 12.1. The first kappa shape index (κ1) is 24.5. The molecular weight excluding hydrogens is 440 g/mol. The molecule has 1 aliphatic heterocycles. The molecule has 0 aliphatic carbocycles. The minimum Gasteiger partial charge on any atom is -0.478 e. The number of benzene rings is 3. The third-order valence-electron chi connectivity index (χ3n) is 6.74. The van der Waals surface area contributed by atoms with E-state index in [9.17, 15) is 9.90 Å². The van der Waals surface area contributed by atoms with Crippen LogP contribution in [-0.2, 0) is 0 Å². The second kappa shape index (κ2) is 12.2. The van der Waals surface area contributed by atoms with Crippen molar-refractivity contribution in [1.82, 2.24) is 9.21 Å². The second-order valence-corrected chi connectivity index (χ2v) is 10.4. The number of likely N-dealkylation sites (N-methyl/N-ethyl adjacent to an activating group) is 1. The molecule has 178 valence electrons. The van der Waals surface area contributed by atoms with Gasteiger partial charge in [0.1, 0.15) is 0 Å². The van der Waals surface area contributed by atoms with Gasteiger partial charge in [0.05, 0.1) is 5.56 Å². The number of carboxylic acid groups (broad SMARTS) is 1. The topological polar surface area (TPSA) is 43.8 Å². The van der Waals surface area contributed by atoms with Gasteiger partial charge < -0.3 is 10.0 Å². The van der Waals surface area contributed by atoms with Crippen molar-refractivity contribution in [1.29, 1.82) is 0 Å². The quantitative estimate of drug-likeness (QED) is 0.346. The van der Waals surface area contributed by atoms with Crippen molar-refractivity contribution in [3.8, 4) is 0 Å². The molecule has 0 amide bonds. The van der Waals surface area contributed by atoms with Crippen molar-refractivity contribution < 1.29 is 9.90 Å². The lowest BCUT2D eigenvalue weighted by atomic mass is 9.89. The molecule has 0 spiro atoms. The Morgan fingerprint density at radius 1 is 1.00 bits per heavy atom. The lowest BCUT2D eigenvalue weighted by Gasteiger charge is -2.33. The van der Waals surface area contributed by atoms with Gasteiger partial charge in [-0.05, 0) is 105 Å². The Morgan fingerprint density at radius 3 is 2.35 bits per heavy atom. The van der Waals surface area contributed by atoms with Crippen molar-refractivity contribution in [3.05, 3.63) is 102 Å². The Morgan fingerprint density at radius 2 is 1.68 bits per heavy atom. The van der Waals surface area contributed by atoms with E-state index in [4.69, 9.17) is 0 Å². The highest BCUT2D eigenvalue weighted by molar-refractivity contribution is 7.97. The van der Waals surface area contributed by atoms with Crippen molar-refractivity contribution in [3.63, 3.8) is 0 Å². The Balaban J connectivity index is 1.39. The third kappa shape index (κ3) is 6.95. The number of rotatable bonds is 10. The molecule has 1 fully saturated rings. The Labute approximate surface area is 207 Å². The summed E-state index contributed by atoms with van der Waals surface area (Å²) < 4.78 is 2.27. The van der Waals surface area contributed by atoms with E-state index >= 15 is 0 Å². The van der Waals surface area contributed by atoms with Gasteiger partial charge in [0.15, 0.2) is 0 Å². The number of carbonyl (C=O) groups is 1. The fourth-order valence-electron chi connectivity index (χ4n) is 4.85. The van der Waals surface area contributed by atoms with Crippen molar-refractivity contribution in [2.45, 2.75) is 36.0 Å². The summed E-state index contributed by atoms with van der Waals surface area (Å²) in [5, 5.41) is 9.50. The van der Waals surface area contributed by atoms with E-state index in [-0.39, 0.29) is 5.92 Å². The summed E-state index contributed by atoms with van der Waals surface area (Å²) in [7, 11) is 2.12.